The first-order chi connectivity index (χ1) is 8.59. The van der Waals surface area contributed by atoms with E-state index < -0.39 is 0 Å². The van der Waals surface area contributed by atoms with Crippen LogP contribution in [0.25, 0.3) is 0 Å². The summed E-state index contributed by atoms with van der Waals surface area (Å²) < 4.78 is 4.99. The lowest BCUT2D eigenvalue weighted by Gasteiger charge is -2.29. The van der Waals surface area contributed by atoms with E-state index in [0.717, 1.165) is 24.9 Å². The highest BCUT2D eigenvalue weighted by atomic mass is 16.5. The second kappa shape index (κ2) is 7.36. The molecule has 1 atom stereocenters. The van der Waals surface area contributed by atoms with Crippen LogP contribution < -0.4 is 5.32 Å². The second-order valence-corrected chi connectivity index (χ2v) is 4.80. The molecule has 3 N–H and O–H groups in total. The zero-order valence-corrected chi connectivity index (χ0v) is 11.1. The van der Waals surface area contributed by atoms with E-state index in [1.54, 1.807) is 19.2 Å². The van der Waals surface area contributed by atoms with Crippen molar-refractivity contribution in [2.45, 2.75) is 25.3 Å². The lowest BCUT2D eigenvalue weighted by Crippen LogP contribution is -2.47. The van der Waals surface area contributed by atoms with Crippen molar-refractivity contribution in [3.8, 4) is 5.75 Å². The van der Waals surface area contributed by atoms with E-state index in [9.17, 15) is 10.2 Å². The van der Waals surface area contributed by atoms with Crippen LogP contribution in [0.4, 0.5) is 0 Å². The fourth-order valence-electron chi connectivity index (χ4n) is 1.76. The van der Waals surface area contributed by atoms with Crippen molar-refractivity contribution in [3.05, 3.63) is 29.8 Å². The van der Waals surface area contributed by atoms with Crippen molar-refractivity contribution in [2.24, 2.45) is 0 Å². The Morgan fingerprint density at radius 1 is 1.28 bits per heavy atom. The quantitative estimate of drug-likeness (QED) is 0.611. The molecule has 0 saturated carbocycles. The lowest BCUT2D eigenvalue weighted by atomic mass is 9.94. The average molecular weight is 253 g/mol. The molecule has 0 aliphatic rings. The van der Waals surface area contributed by atoms with Gasteiger partial charge in [0.15, 0.2) is 0 Å². The van der Waals surface area contributed by atoms with Gasteiger partial charge in [-0.05, 0) is 37.5 Å². The summed E-state index contributed by atoms with van der Waals surface area (Å²) in [5.74, 6) is 0.280. The van der Waals surface area contributed by atoms with Gasteiger partial charge in [-0.25, -0.2) is 0 Å². The number of nitrogens with one attached hydrogen (secondary N) is 1. The van der Waals surface area contributed by atoms with E-state index in [0.29, 0.717) is 6.61 Å². The molecular weight excluding hydrogens is 230 g/mol. The SMILES string of the molecule is COCCNC(C)(CO)CCc1ccc(O)cc1. The van der Waals surface area contributed by atoms with Crippen LogP contribution in [0.1, 0.15) is 18.9 Å². The van der Waals surface area contributed by atoms with Gasteiger partial charge in [0, 0.05) is 19.2 Å². The maximum atomic E-state index is 9.46. The molecule has 4 nitrogen and oxygen atoms in total. The van der Waals surface area contributed by atoms with E-state index >= 15 is 0 Å². The minimum Gasteiger partial charge on any atom is -0.508 e. The van der Waals surface area contributed by atoms with Crippen molar-refractivity contribution in [2.75, 3.05) is 26.9 Å². The number of benzene rings is 1. The van der Waals surface area contributed by atoms with Gasteiger partial charge in [0.2, 0.25) is 0 Å². The molecule has 0 spiro atoms. The largest absolute Gasteiger partial charge is 0.508 e. The number of hydrogen-bond donors (Lipinski definition) is 3. The van der Waals surface area contributed by atoms with Crippen LogP contribution in [-0.4, -0.2) is 42.6 Å². The third kappa shape index (κ3) is 5.04. The number of aliphatic hydroxyl groups is 1. The highest BCUT2D eigenvalue weighted by molar-refractivity contribution is 5.26. The second-order valence-electron chi connectivity index (χ2n) is 4.80. The van der Waals surface area contributed by atoms with Crippen LogP contribution >= 0.6 is 0 Å². The zero-order chi connectivity index (χ0) is 13.4. The fraction of sp³-hybridized carbons (Fsp3) is 0.571. The summed E-state index contributed by atoms with van der Waals surface area (Å²) in [6, 6.07) is 7.18. The number of aryl methyl sites for hydroxylation is 1. The Morgan fingerprint density at radius 2 is 1.94 bits per heavy atom. The number of aliphatic hydroxyl groups excluding tert-OH is 1. The maximum absolute atomic E-state index is 9.46. The lowest BCUT2D eigenvalue weighted by molar-refractivity contribution is 0.142. The molecule has 1 aromatic rings. The first-order valence-corrected chi connectivity index (χ1v) is 6.22. The van der Waals surface area contributed by atoms with E-state index in [1.165, 1.54) is 0 Å². The molecule has 102 valence electrons. The van der Waals surface area contributed by atoms with Gasteiger partial charge in [0.1, 0.15) is 5.75 Å². The van der Waals surface area contributed by atoms with Crippen LogP contribution in [0.15, 0.2) is 24.3 Å². The molecule has 0 aliphatic heterocycles. The number of phenolic OH excluding ortho intramolecular Hbond substituents is 1. The number of phenols is 1. The first-order valence-electron chi connectivity index (χ1n) is 6.22. The Labute approximate surface area is 109 Å². The van der Waals surface area contributed by atoms with Gasteiger partial charge in [0.25, 0.3) is 0 Å². The predicted molar refractivity (Wildman–Crippen MR) is 71.8 cm³/mol. The molecule has 1 unspecified atom stereocenters. The van der Waals surface area contributed by atoms with E-state index in [2.05, 4.69) is 5.32 Å². The molecule has 0 saturated heterocycles. The third-order valence-corrected chi connectivity index (χ3v) is 3.11. The van der Waals surface area contributed by atoms with Gasteiger partial charge in [-0.3, -0.25) is 0 Å². The molecule has 1 aromatic carbocycles. The fourth-order valence-corrected chi connectivity index (χ4v) is 1.76. The van der Waals surface area contributed by atoms with Gasteiger partial charge in [-0.1, -0.05) is 12.1 Å². The molecule has 0 fully saturated rings. The van der Waals surface area contributed by atoms with Crippen molar-refractivity contribution in [1.82, 2.24) is 5.32 Å². The molecular formula is C14H23NO3. The Balaban J connectivity index is 2.44. The van der Waals surface area contributed by atoms with E-state index in [1.807, 2.05) is 19.1 Å². The highest BCUT2D eigenvalue weighted by Crippen LogP contribution is 2.16. The standard InChI is InChI=1S/C14H23NO3/c1-14(11-16,15-9-10-18-2)8-7-12-3-5-13(17)6-4-12/h3-6,15-17H,7-11H2,1-2H3. The normalized spacial score (nSPS) is 14.4. The molecule has 4 heteroatoms. The molecule has 0 aliphatic carbocycles. The highest BCUT2D eigenvalue weighted by Gasteiger charge is 2.21. The summed E-state index contributed by atoms with van der Waals surface area (Å²) >= 11 is 0. The number of hydrogen-bond acceptors (Lipinski definition) is 4. The zero-order valence-electron chi connectivity index (χ0n) is 11.1. The molecule has 0 radical (unpaired) electrons. The number of methoxy groups -OCH3 is 1. The van der Waals surface area contributed by atoms with Crippen LogP contribution in [0.3, 0.4) is 0 Å². The van der Waals surface area contributed by atoms with E-state index in [-0.39, 0.29) is 17.9 Å². The number of ether oxygens (including phenoxy) is 1. The molecule has 1 rings (SSSR count). The Morgan fingerprint density at radius 3 is 2.50 bits per heavy atom. The van der Waals surface area contributed by atoms with Crippen LogP contribution in [0.2, 0.25) is 0 Å². The van der Waals surface area contributed by atoms with Gasteiger partial charge in [0.05, 0.1) is 13.2 Å². The topological polar surface area (TPSA) is 61.7 Å². The van der Waals surface area contributed by atoms with Crippen LogP contribution in [0.5, 0.6) is 5.75 Å². The molecule has 0 amide bonds. The summed E-state index contributed by atoms with van der Waals surface area (Å²) in [5, 5.41) is 22.0. The Bertz CT molecular complexity index is 339. The minimum absolute atomic E-state index is 0.0921. The number of aromatic hydroxyl groups is 1. The average Bonchev–Trinajstić information content (AvgIpc) is 2.38. The summed E-state index contributed by atoms with van der Waals surface area (Å²) in [4.78, 5) is 0. The summed E-state index contributed by atoms with van der Waals surface area (Å²) in [6.45, 7) is 3.45. The van der Waals surface area contributed by atoms with Crippen LogP contribution in [0, 0.1) is 0 Å². The minimum atomic E-state index is -0.295. The molecule has 18 heavy (non-hydrogen) atoms. The summed E-state index contributed by atoms with van der Waals surface area (Å²) in [6.07, 6.45) is 1.69. The molecule has 0 heterocycles. The molecule has 0 aromatic heterocycles. The number of rotatable bonds is 8. The predicted octanol–water partition coefficient (Wildman–Crippen LogP) is 1.31. The van der Waals surface area contributed by atoms with Crippen molar-refractivity contribution < 1.29 is 14.9 Å². The van der Waals surface area contributed by atoms with Gasteiger partial charge < -0.3 is 20.3 Å². The van der Waals surface area contributed by atoms with Gasteiger partial charge in [-0.15, -0.1) is 0 Å². The monoisotopic (exact) mass is 253 g/mol. The smallest absolute Gasteiger partial charge is 0.115 e. The van der Waals surface area contributed by atoms with Gasteiger partial charge in [-0.2, -0.15) is 0 Å². The summed E-state index contributed by atoms with van der Waals surface area (Å²) in [7, 11) is 1.66. The third-order valence-electron chi connectivity index (χ3n) is 3.11. The Kier molecular flexibility index (Phi) is 6.12. The van der Waals surface area contributed by atoms with Crippen molar-refractivity contribution >= 4 is 0 Å². The van der Waals surface area contributed by atoms with Crippen LogP contribution in [-0.2, 0) is 11.2 Å². The summed E-state index contributed by atoms with van der Waals surface area (Å²) in [5.41, 5.74) is 0.858. The van der Waals surface area contributed by atoms with E-state index in [4.69, 9.17) is 4.74 Å². The maximum Gasteiger partial charge on any atom is 0.115 e. The first kappa shape index (κ1) is 15.0. The van der Waals surface area contributed by atoms with Crippen molar-refractivity contribution in [1.29, 1.82) is 0 Å². The molecule has 0 bridgehead atoms. The van der Waals surface area contributed by atoms with Gasteiger partial charge >= 0.3 is 0 Å². The van der Waals surface area contributed by atoms with Crippen molar-refractivity contribution in [3.63, 3.8) is 0 Å². The Hall–Kier alpha value is -1.10.